The van der Waals surface area contributed by atoms with Crippen molar-refractivity contribution in [1.82, 2.24) is 15.3 Å². The number of aryl methyl sites for hydroxylation is 2. The zero-order valence-corrected chi connectivity index (χ0v) is 16.1. The van der Waals surface area contributed by atoms with Crippen LogP contribution < -0.4 is 10.9 Å². The van der Waals surface area contributed by atoms with Crippen LogP contribution in [-0.2, 0) is 17.6 Å². The van der Waals surface area contributed by atoms with Crippen molar-refractivity contribution < 1.29 is 4.79 Å². The maximum absolute atomic E-state index is 12.7. The second kappa shape index (κ2) is 8.54. The van der Waals surface area contributed by atoms with E-state index in [1.165, 1.54) is 29.0 Å². The maximum Gasteiger partial charge on any atom is 0.251 e. The molecular weight excluding hydrogens is 346 g/mol. The lowest BCUT2D eigenvalue weighted by molar-refractivity contribution is -0.121. The summed E-state index contributed by atoms with van der Waals surface area (Å²) in [6.07, 6.45) is 4.80. The molecule has 1 aromatic carbocycles. The minimum Gasteiger partial charge on any atom is -0.348 e. The van der Waals surface area contributed by atoms with E-state index in [1.54, 1.807) is 0 Å². The van der Waals surface area contributed by atoms with Gasteiger partial charge >= 0.3 is 0 Å². The third kappa shape index (κ3) is 4.55. The van der Waals surface area contributed by atoms with Crippen LogP contribution in [0.25, 0.3) is 0 Å². The number of nitrogens with one attached hydrogen (secondary N) is 2. The first kappa shape index (κ1) is 18.7. The fourth-order valence-electron chi connectivity index (χ4n) is 3.34. The number of aromatic nitrogens is 2. The van der Waals surface area contributed by atoms with E-state index in [1.807, 2.05) is 26.0 Å². The van der Waals surface area contributed by atoms with Crippen LogP contribution in [0.15, 0.2) is 40.3 Å². The van der Waals surface area contributed by atoms with Crippen LogP contribution >= 0.6 is 11.8 Å². The Kier molecular flexibility index (Phi) is 6.14. The summed E-state index contributed by atoms with van der Waals surface area (Å²) in [6, 6.07) is 9.90. The number of rotatable bonds is 6. The molecule has 0 saturated heterocycles. The molecular formula is C20H25N3O2S. The van der Waals surface area contributed by atoms with Crippen LogP contribution in [0.3, 0.4) is 0 Å². The molecule has 0 saturated carbocycles. The lowest BCUT2D eigenvalue weighted by Crippen LogP contribution is -2.36. The molecule has 1 aliphatic rings. The summed E-state index contributed by atoms with van der Waals surface area (Å²) in [5, 5.41) is 3.35. The predicted octanol–water partition coefficient (Wildman–Crippen LogP) is 3.40. The molecule has 138 valence electrons. The number of thioether (sulfide) groups is 1. The van der Waals surface area contributed by atoms with Gasteiger partial charge in [0.1, 0.15) is 0 Å². The number of H-pyrrole nitrogens is 1. The van der Waals surface area contributed by atoms with Gasteiger partial charge in [-0.25, -0.2) is 4.98 Å². The molecule has 1 aromatic heterocycles. The van der Waals surface area contributed by atoms with Gasteiger partial charge in [-0.3, -0.25) is 9.59 Å². The summed E-state index contributed by atoms with van der Waals surface area (Å²) >= 11 is 1.30. The minimum atomic E-state index is -0.330. The standard InChI is InChI=1S/C20H25N3O2S/c1-3-7-15-12-18(24)23-20(21-15)26-13(2)19(25)22-17-11-6-9-14-8-4-5-10-16(14)17/h4-5,8,10,12-13,17H,3,6-7,9,11H2,1-2H3,(H,22,25)(H,21,23,24)/t13-,17+/m0/s1. The quantitative estimate of drug-likeness (QED) is 0.603. The van der Waals surface area contributed by atoms with Gasteiger partial charge in [0.25, 0.3) is 5.56 Å². The first-order valence-corrected chi connectivity index (χ1v) is 10.1. The van der Waals surface area contributed by atoms with Crippen molar-refractivity contribution in [2.45, 2.75) is 62.4 Å². The van der Waals surface area contributed by atoms with Gasteiger partial charge in [-0.1, -0.05) is 49.4 Å². The Hall–Kier alpha value is -2.08. The van der Waals surface area contributed by atoms with Crippen LogP contribution in [0.1, 0.15) is 56.0 Å². The van der Waals surface area contributed by atoms with Gasteiger partial charge in [0.2, 0.25) is 5.91 Å². The summed E-state index contributed by atoms with van der Waals surface area (Å²) in [6.45, 7) is 3.90. The first-order valence-electron chi connectivity index (χ1n) is 9.22. The molecule has 5 nitrogen and oxygen atoms in total. The third-order valence-corrected chi connectivity index (χ3v) is 5.61. The number of hydrogen-bond donors (Lipinski definition) is 2. The molecule has 2 atom stereocenters. The number of carbonyl (C=O) groups excluding carboxylic acids is 1. The topological polar surface area (TPSA) is 74.8 Å². The highest BCUT2D eigenvalue weighted by molar-refractivity contribution is 8.00. The molecule has 2 aromatic rings. The zero-order valence-electron chi connectivity index (χ0n) is 15.2. The highest BCUT2D eigenvalue weighted by Gasteiger charge is 2.24. The van der Waals surface area contributed by atoms with Gasteiger partial charge in [-0.15, -0.1) is 0 Å². The highest BCUT2D eigenvalue weighted by Crippen LogP contribution is 2.30. The Balaban J connectivity index is 1.67. The fraction of sp³-hybridized carbons (Fsp3) is 0.450. The van der Waals surface area contributed by atoms with Gasteiger partial charge in [0.05, 0.1) is 11.3 Å². The van der Waals surface area contributed by atoms with Gasteiger partial charge in [-0.2, -0.15) is 0 Å². The molecule has 3 rings (SSSR count). The molecule has 2 N–H and O–H groups in total. The Labute approximate surface area is 158 Å². The summed E-state index contributed by atoms with van der Waals surface area (Å²) < 4.78 is 0. The Morgan fingerprint density at radius 2 is 2.23 bits per heavy atom. The Bertz CT molecular complexity index is 834. The number of carbonyl (C=O) groups is 1. The van der Waals surface area contributed by atoms with Crippen LogP contribution in [-0.4, -0.2) is 21.1 Å². The van der Waals surface area contributed by atoms with E-state index < -0.39 is 0 Å². The molecule has 0 bridgehead atoms. The Morgan fingerprint density at radius 1 is 1.42 bits per heavy atom. The fourth-order valence-corrected chi connectivity index (χ4v) is 4.18. The van der Waals surface area contributed by atoms with Gasteiger partial charge in [-0.05, 0) is 43.7 Å². The number of aromatic amines is 1. The summed E-state index contributed by atoms with van der Waals surface area (Å²) in [5.74, 6) is -0.0275. The minimum absolute atomic E-state index is 0.0275. The average Bonchev–Trinajstić information content (AvgIpc) is 2.61. The van der Waals surface area contributed by atoms with E-state index in [9.17, 15) is 9.59 Å². The van der Waals surface area contributed by atoms with Crippen molar-refractivity contribution in [2.75, 3.05) is 0 Å². The summed E-state index contributed by atoms with van der Waals surface area (Å²) in [7, 11) is 0. The zero-order chi connectivity index (χ0) is 18.5. The van der Waals surface area contributed by atoms with E-state index in [4.69, 9.17) is 0 Å². The first-order chi connectivity index (χ1) is 12.6. The molecule has 0 fully saturated rings. The molecule has 6 heteroatoms. The van der Waals surface area contributed by atoms with Crippen LogP contribution in [0, 0.1) is 0 Å². The monoisotopic (exact) mass is 371 g/mol. The van der Waals surface area contributed by atoms with Crippen molar-refractivity contribution in [3.05, 3.63) is 57.5 Å². The molecule has 0 spiro atoms. The summed E-state index contributed by atoms with van der Waals surface area (Å²) in [5.41, 5.74) is 3.15. The number of nitrogens with zero attached hydrogens (tertiary/aromatic N) is 1. The van der Waals surface area contributed by atoms with Crippen LogP contribution in [0.5, 0.6) is 0 Å². The van der Waals surface area contributed by atoms with Crippen molar-refractivity contribution in [1.29, 1.82) is 0 Å². The Morgan fingerprint density at radius 3 is 3.04 bits per heavy atom. The molecule has 0 radical (unpaired) electrons. The highest BCUT2D eigenvalue weighted by atomic mass is 32.2. The van der Waals surface area contributed by atoms with Crippen LogP contribution in [0.4, 0.5) is 0 Å². The van der Waals surface area contributed by atoms with E-state index in [0.717, 1.165) is 37.8 Å². The smallest absolute Gasteiger partial charge is 0.251 e. The predicted molar refractivity (Wildman–Crippen MR) is 104 cm³/mol. The van der Waals surface area contributed by atoms with E-state index in [0.29, 0.717) is 5.16 Å². The number of hydrogen-bond acceptors (Lipinski definition) is 4. The van der Waals surface area contributed by atoms with E-state index in [2.05, 4.69) is 27.4 Å². The normalized spacial score (nSPS) is 17.4. The second-order valence-electron chi connectivity index (χ2n) is 6.70. The van der Waals surface area contributed by atoms with Gasteiger partial charge in [0, 0.05) is 11.8 Å². The summed E-state index contributed by atoms with van der Waals surface area (Å²) in [4.78, 5) is 31.6. The number of benzene rings is 1. The average molecular weight is 372 g/mol. The van der Waals surface area contributed by atoms with E-state index in [-0.39, 0.29) is 22.8 Å². The molecule has 0 unspecified atom stereocenters. The molecule has 1 aliphatic carbocycles. The third-order valence-electron chi connectivity index (χ3n) is 4.62. The largest absolute Gasteiger partial charge is 0.348 e. The van der Waals surface area contributed by atoms with Gasteiger partial charge in [0.15, 0.2) is 5.16 Å². The van der Waals surface area contributed by atoms with Crippen molar-refractivity contribution in [3.63, 3.8) is 0 Å². The molecule has 0 aliphatic heterocycles. The molecule has 26 heavy (non-hydrogen) atoms. The van der Waals surface area contributed by atoms with Crippen molar-refractivity contribution >= 4 is 17.7 Å². The lowest BCUT2D eigenvalue weighted by atomic mass is 9.88. The number of amides is 1. The SMILES string of the molecule is CCCc1cc(=O)[nH]c(S[C@@H](C)C(=O)N[C@@H]2CCCc3ccccc32)n1. The maximum atomic E-state index is 12.7. The van der Waals surface area contributed by atoms with Crippen LogP contribution in [0.2, 0.25) is 0 Å². The van der Waals surface area contributed by atoms with Gasteiger partial charge < -0.3 is 10.3 Å². The van der Waals surface area contributed by atoms with Crippen molar-refractivity contribution in [2.24, 2.45) is 0 Å². The van der Waals surface area contributed by atoms with E-state index >= 15 is 0 Å². The number of fused-ring (bicyclic) bond motifs is 1. The molecule has 1 amide bonds. The lowest BCUT2D eigenvalue weighted by Gasteiger charge is -2.27. The molecule has 1 heterocycles. The second-order valence-corrected chi connectivity index (χ2v) is 8.03. The van der Waals surface area contributed by atoms with Crippen molar-refractivity contribution in [3.8, 4) is 0 Å².